The predicted octanol–water partition coefficient (Wildman–Crippen LogP) is 4.26. The third-order valence-electron chi connectivity index (χ3n) is 6.34. The molecular weight excluding hydrogens is 464 g/mol. The Morgan fingerprint density at radius 1 is 1.11 bits per heavy atom. The Morgan fingerprint density at radius 2 is 1.83 bits per heavy atom. The highest BCUT2D eigenvalue weighted by atomic mass is 32.1. The molecule has 35 heavy (non-hydrogen) atoms. The van der Waals surface area contributed by atoms with Crippen molar-refractivity contribution in [2.24, 2.45) is 0 Å². The van der Waals surface area contributed by atoms with Gasteiger partial charge in [-0.3, -0.25) is 14.4 Å². The van der Waals surface area contributed by atoms with E-state index in [1.165, 1.54) is 36.3 Å². The van der Waals surface area contributed by atoms with Gasteiger partial charge in [0.15, 0.2) is 6.29 Å². The number of hydrogen-bond donors (Lipinski definition) is 1. The van der Waals surface area contributed by atoms with Crippen LogP contribution in [0.15, 0.2) is 29.6 Å². The van der Waals surface area contributed by atoms with Crippen molar-refractivity contribution in [1.82, 2.24) is 9.88 Å². The van der Waals surface area contributed by atoms with E-state index in [0.717, 1.165) is 42.9 Å². The van der Waals surface area contributed by atoms with Gasteiger partial charge in [0, 0.05) is 43.9 Å². The number of aromatic nitrogens is 1. The molecule has 8 nitrogen and oxygen atoms in total. The van der Waals surface area contributed by atoms with Crippen LogP contribution in [0.1, 0.15) is 73.3 Å². The normalized spacial score (nSPS) is 16.3. The van der Waals surface area contributed by atoms with Gasteiger partial charge in [0.1, 0.15) is 5.69 Å². The van der Waals surface area contributed by atoms with E-state index in [-0.39, 0.29) is 24.7 Å². The Balaban J connectivity index is 0.000000223. The number of esters is 1. The zero-order chi connectivity index (χ0) is 25.0. The number of anilines is 2. The van der Waals surface area contributed by atoms with Crippen LogP contribution in [0.4, 0.5) is 11.4 Å². The zero-order valence-corrected chi connectivity index (χ0v) is 21.3. The largest absolute Gasteiger partial charge is 0.466 e. The summed E-state index contributed by atoms with van der Waals surface area (Å²) in [6.45, 7) is 5.75. The number of thiazole rings is 1. The maximum absolute atomic E-state index is 12.1. The molecule has 1 aromatic carbocycles. The standard InChI is InChI=1S/C15H20N2O4S.C11H16N2/c1-2-21-14(20)4-3-13(19)17-7-5-11(6-8-17)15-16-12(9-18)10-22-15;12-10-6-2-3-7-11(10)13-8-4-1-5-9-13/h9-11H,2-8H2,1H3;2-3,6-7H,1,4-5,8-9,12H2. The molecule has 2 aliphatic rings. The van der Waals surface area contributed by atoms with E-state index in [9.17, 15) is 14.4 Å². The van der Waals surface area contributed by atoms with Crippen LogP contribution in [0.5, 0.6) is 0 Å². The number of ether oxygens (including phenoxy) is 1. The number of carbonyl (C=O) groups is 3. The highest BCUT2D eigenvalue weighted by molar-refractivity contribution is 7.09. The lowest BCUT2D eigenvalue weighted by molar-refractivity contribution is -0.145. The van der Waals surface area contributed by atoms with Crippen molar-refractivity contribution in [2.75, 3.05) is 43.4 Å². The minimum atomic E-state index is -0.324. The number of piperidine rings is 2. The van der Waals surface area contributed by atoms with Gasteiger partial charge < -0.3 is 20.3 Å². The van der Waals surface area contributed by atoms with Gasteiger partial charge in [-0.25, -0.2) is 4.98 Å². The van der Waals surface area contributed by atoms with Crippen molar-refractivity contribution in [1.29, 1.82) is 0 Å². The topological polar surface area (TPSA) is 106 Å². The molecule has 0 aliphatic carbocycles. The van der Waals surface area contributed by atoms with E-state index in [4.69, 9.17) is 10.5 Å². The van der Waals surface area contributed by atoms with Crippen LogP contribution in [0.25, 0.3) is 0 Å². The van der Waals surface area contributed by atoms with Crippen LogP contribution < -0.4 is 10.6 Å². The van der Waals surface area contributed by atoms with E-state index < -0.39 is 0 Å². The fraction of sp³-hybridized carbons (Fsp3) is 0.538. The maximum atomic E-state index is 12.1. The molecule has 2 saturated heterocycles. The van der Waals surface area contributed by atoms with Crippen molar-refractivity contribution in [3.05, 3.63) is 40.3 Å². The molecular formula is C26H36N4O4S. The molecule has 0 bridgehead atoms. The molecule has 0 unspecified atom stereocenters. The number of carbonyl (C=O) groups excluding carboxylic acids is 3. The number of nitrogens with zero attached hydrogens (tertiary/aromatic N) is 3. The van der Waals surface area contributed by atoms with E-state index in [0.29, 0.717) is 31.3 Å². The number of amides is 1. The summed E-state index contributed by atoms with van der Waals surface area (Å²) in [5.74, 6) is -0.0121. The summed E-state index contributed by atoms with van der Waals surface area (Å²) in [6.07, 6.45) is 6.76. The number of hydrogen-bond acceptors (Lipinski definition) is 8. The summed E-state index contributed by atoms with van der Waals surface area (Å²) in [5.41, 5.74) is 8.51. The number of nitrogen functional groups attached to an aromatic ring is 1. The highest BCUT2D eigenvalue weighted by Crippen LogP contribution is 2.30. The average Bonchev–Trinajstić information content (AvgIpc) is 3.38. The number of para-hydroxylation sites is 2. The minimum absolute atomic E-state index is 0.000720. The Morgan fingerprint density at radius 3 is 2.46 bits per heavy atom. The molecule has 4 rings (SSSR count). The molecule has 0 radical (unpaired) electrons. The van der Waals surface area contributed by atoms with Crippen molar-refractivity contribution in [2.45, 2.75) is 57.8 Å². The summed E-state index contributed by atoms with van der Waals surface area (Å²) in [7, 11) is 0. The number of benzene rings is 1. The molecule has 9 heteroatoms. The molecule has 2 aliphatic heterocycles. The molecule has 190 valence electrons. The van der Waals surface area contributed by atoms with Gasteiger partial charge in [-0.15, -0.1) is 11.3 Å². The van der Waals surface area contributed by atoms with Crippen LogP contribution >= 0.6 is 11.3 Å². The van der Waals surface area contributed by atoms with E-state index in [1.54, 1.807) is 17.2 Å². The fourth-order valence-electron chi connectivity index (χ4n) is 4.43. The molecule has 1 amide bonds. The third-order valence-corrected chi connectivity index (χ3v) is 7.36. The average molecular weight is 501 g/mol. The summed E-state index contributed by atoms with van der Waals surface area (Å²) in [4.78, 5) is 42.5. The predicted molar refractivity (Wildman–Crippen MR) is 139 cm³/mol. The first-order valence-corrected chi connectivity index (χ1v) is 13.3. The molecule has 0 spiro atoms. The number of nitrogens with two attached hydrogens (primary N) is 1. The van der Waals surface area contributed by atoms with E-state index in [1.807, 2.05) is 12.1 Å². The molecule has 0 saturated carbocycles. The Hall–Kier alpha value is -2.94. The Bertz CT molecular complexity index is 966. The van der Waals surface area contributed by atoms with Crippen molar-refractivity contribution < 1.29 is 19.1 Å². The second kappa shape index (κ2) is 13.8. The van der Waals surface area contributed by atoms with Gasteiger partial charge in [-0.05, 0) is 51.2 Å². The number of aldehydes is 1. The third kappa shape index (κ3) is 8.06. The summed E-state index contributed by atoms with van der Waals surface area (Å²) >= 11 is 1.50. The first-order chi connectivity index (χ1) is 17.0. The van der Waals surface area contributed by atoms with Crippen LogP contribution in [0.2, 0.25) is 0 Å². The lowest BCUT2D eigenvalue weighted by Crippen LogP contribution is -2.38. The summed E-state index contributed by atoms with van der Waals surface area (Å²) in [5, 5.41) is 2.74. The van der Waals surface area contributed by atoms with Gasteiger partial charge in [0.25, 0.3) is 0 Å². The van der Waals surface area contributed by atoms with Gasteiger partial charge >= 0.3 is 5.97 Å². The smallest absolute Gasteiger partial charge is 0.306 e. The SMILES string of the molecule is CCOC(=O)CCC(=O)N1CCC(c2nc(C=O)cs2)CC1.Nc1ccccc1N1CCCCC1. The molecule has 2 fully saturated rings. The fourth-order valence-corrected chi connectivity index (χ4v) is 5.36. The summed E-state index contributed by atoms with van der Waals surface area (Å²) in [6, 6.07) is 8.13. The van der Waals surface area contributed by atoms with Crippen LogP contribution in [0.3, 0.4) is 0 Å². The minimum Gasteiger partial charge on any atom is -0.466 e. The van der Waals surface area contributed by atoms with Crippen LogP contribution in [0, 0.1) is 0 Å². The molecule has 2 aromatic rings. The van der Waals surface area contributed by atoms with Crippen molar-refractivity contribution in [3.8, 4) is 0 Å². The Kier molecular flexibility index (Phi) is 10.5. The molecule has 2 N–H and O–H groups in total. The second-order valence-corrected chi connectivity index (χ2v) is 9.68. The van der Waals surface area contributed by atoms with Gasteiger partial charge in [0.2, 0.25) is 5.91 Å². The van der Waals surface area contributed by atoms with Gasteiger partial charge in [0.05, 0.1) is 29.4 Å². The number of rotatable bonds is 7. The van der Waals surface area contributed by atoms with Gasteiger partial charge in [-0.1, -0.05) is 12.1 Å². The first kappa shape index (κ1) is 26.7. The quantitative estimate of drug-likeness (QED) is 0.344. The summed E-state index contributed by atoms with van der Waals surface area (Å²) < 4.78 is 4.82. The van der Waals surface area contributed by atoms with Crippen LogP contribution in [-0.2, 0) is 14.3 Å². The van der Waals surface area contributed by atoms with Crippen molar-refractivity contribution in [3.63, 3.8) is 0 Å². The number of likely N-dealkylation sites (tertiary alicyclic amines) is 1. The lowest BCUT2D eigenvalue weighted by atomic mass is 9.97. The second-order valence-electron chi connectivity index (χ2n) is 8.80. The zero-order valence-electron chi connectivity index (χ0n) is 20.5. The van der Waals surface area contributed by atoms with E-state index >= 15 is 0 Å². The van der Waals surface area contributed by atoms with E-state index in [2.05, 4.69) is 22.0 Å². The Labute approximate surface area is 211 Å². The molecule has 1 aromatic heterocycles. The maximum Gasteiger partial charge on any atom is 0.306 e. The highest BCUT2D eigenvalue weighted by Gasteiger charge is 2.25. The molecule has 3 heterocycles. The molecule has 0 atom stereocenters. The lowest BCUT2D eigenvalue weighted by Gasteiger charge is -2.31. The van der Waals surface area contributed by atoms with Crippen LogP contribution in [-0.4, -0.2) is 60.8 Å². The van der Waals surface area contributed by atoms with Gasteiger partial charge in [-0.2, -0.15) is 0 Å². The first-order valence-electron chi connectivity index (χ1n) is 12.4. The van der Waals surface area contributed by atoms with Crippen molar-refractivity contribution >= 4 is 40.9 Å². The monoisotopic (exact) mass is 500 g/mol.